The summed E-state index contributed by atoms with van der Waals surface area (Å²) in [4.78, 5) is 12.1. The van der Waals surface area contributed by atoms with Crippen molar-refractivity contribution >= 4 is 27.3 Å². The highest BCUT2D eigenvalue weighted by Gasteiger charge is 2.45. The van der Waals surface area contributed by atoms with Crippen molar-refractivity contribution in [2.75, 3.05) is 6.54 Å². The molecule has 1 saturated carbocycles. The minimum atomic E-state index is -3.42. The van der Waals surface area contributed by atoms with Gasteiger partial charge in [-0.25, -0.2) is 8.42 Å². The van der Waals surface area contributed by atoms with E-state index in [2.05, 4.69) is 5.32 Å². The Hall–Kier alpha value is -1.07. The lowest BCUT2D eigenvalue weighted by Crippen LogP contribution is -2.43. The van der Waals surface area contributed by atoms with Gasteiger partial charge in [0.25, 0.3) is 0 Å². The lowest BCUT2D eigenvalue weighted by atomic mass is 9.96. The topological polar surface area (TPSA) is 63.2 Å². The maximum atomic E-state index is 12.1. The maximum Gasteiger partial charge on any atom is 0.238 e. The smallest absolute Gasteiger partial charge is 0.238 e. The van der Waals surface area contributed by atoms with Crippen LogP contribution in [0.1, 0.15) is 39.2 Å². The zero-order valence-electron chi connectivity index (χ0n) is 13.1. The molecule has 1 atom stereocenters. The summed E-state index contributed by atoms with van der Waals surface area (Å²) in [6.45, 7) is 5.10. The maximum absolute atomic E-state index is 12.1. The van der Waals surface area contributed by atoms with E-state index in [0.717, 1.165) is 18.4 Å². The van der Waals surface area contributed by atoms with Crippen LogP contribution in [-0.4, -0.2) is 31.4 Å². The van der Waals surface area contributed by atoms with Crippen molar-refractivity contribution in [3.05, 3.63) is 34.9 Å². The molecule has 0 heterocycles. The number of hydrogen-bond donors (Lipinski definition) is 1. The van der Waals surface area contributed by atoms with Gasteiger partial charge in [0.2, 0.25) is 5.91 Å². The van der Waals surface area contributed by atoms with Crippen molar-refractivity contribution in [3.8, 4) is 0 Å². The number of hydrogen-bond acceptors (Lipinski definition) is 3. The number of carbonyl (C=O) groups excluding carboxylic acids is 1. The third-order valence-corrected chi connectivity index (χ3v) is 7.20. The van der Waals surface area contributed by atoms with E-state index in [1.807, 2.05) is 24.3 Å². The molecule has 1 aliphatic carbocycles. The van der Waals surface area contributed by atoms with Crippen LogP contribution in [0.2, 0.25) is 5.02 Å². The fourth-order valence-corrected chi connectivity index (χ4v) is 3.80. The summed E-state index contributed by atoms with van der Waals surface area (Å²) in [6.07, 6.45) is 1.97. The summed E-state index contributed by atoms with van der Waals surface area (Å²) in [5.41, 5.74) is 1.07. The van der Waals surface area contributed by atoms with Crippen LogP contribution < -0.4 is 5.32 Å². The van der Waals surface area contributed by atoms with Crippen molar-refractivity contribution in [1.82, 2.24) is 5.32 Å². The lowest BCUT2D eigenvalue weighted by molar-refractivity contribution is -0.120. The predicted octanol–water partition coefficient (Wildman–Crippen LogP) is 2.70. The van der Waals surface area contributed by atoms with Gasteiger partial charge in [0.15, 0.2) is 9.84 Å². The molecule has 2 rings (SSSR count). The molecule has 0 aliphatic heterocycles. The molecule has 1 aromatic rings. The van der Waals surface area contributed by atoms with Crippen molar-refractivity contribution in [1.29, 1.82) is 0 Å². The molecule has 1 fully saturated rings. The van der Waals surface area contributed by atoms with Crippen LogP contribution in [0.5, 0.6) is 0 Å². The van der Waals surface area contributed by atoms with Crippen LogP contribution in [0.15, 0.2) is 24.3 Å². The molecule has 0 aromatic heterocycles. The van der Waals surface area contributed by atoms with Crippen molar-refractivity contribution < 1.29 is 13.2 Å². The molecule has 0 radical (unpaired) electrons. The fourth-order valence-electron chi connectivity index (χ4n) is 2.48. The molecule has 1 aliphatic rings. The minimum absolute atomic E-state index is 0.0679. The second kappa shape index (κ2) is 6.20. The van der Waals surface area contributed by atoms with Crippen LogP contribution in [0.3, 0.4) is 0 Å². The van der Waals surface area contributed by atoms with E-state index in [4.69, 9.17) is 11.6 Å². The van der Waals surface area contributed by atoms with Gasteiger partial charge in [-0.2, -0.15) is 0 Å². The molecule has 122 valence electrons. The highest BCUT2D eigenvalue weighted by molar-refractivity contribution is 7.93. The highest BCUT2D eigenvalue weighted by Crippen LogP contribution is 2.47. The van der Waals surface area contributed by atoms with Gasteiger partial charge in [0.05, 0.1) is 5.25 Å². The molecule has 1 amide bonds. The number of halogens is 1. The second-order valence-electron chi connectivity index (χ2n) is 6.29. The van der Waals surface area contributed by atoms with Crippen LogP contribution in [0, 0.1) is 0 Å². The van der Waals surface area contributed by atoms with E-state index in [9.17, 15) is 13.2 Å². The molecule has 0 spiro atoms. The first-order valence-electron chi connectivity index (χ1n) is 7.45. The number of rotatable bonds is 6. The van der Waals surface area contributed by atoms with Gasteiger partial charge >= 0.3 is 0 Å². The molecule has 4 nitrogen and oxygen atoms in total. The van der Waals surface area contributed by atoms with E-state index in [1.54, 1.807) is 13.8 Å². The molecular formula is C16H22ClNO3S. The Morgan fingerprint density at radius 2 is 1.77 bits per heavy atom. The van der Waals surface area contributed by atoms with Gasteiger partial charge in [0.1, 0.15) is 5.25 Å². The molecular weight excluding hydrogens is 322 g/mol. The Balaban J connectivity index is 2.01. The van der Waals surface area contributed by atoms with Gasteiger partial charge in [-0.05, 0) is 51.3 Å². The quantitative estimate of drug-likeness (QED) is 0.863. The summed E-state index contributed by atoms with van der Waals surface area (Å²) in [5, 5.41) is 1.91. The molecule has 0 saturated heterocycles. The van der Waals surface area contributed by atoms with E-state index in [1.165, 1.54) is 6.92 Å². The molecule has 0 unspecified atom stereocenters. The number of sulfone groups is 1. The van der Waals surface area contributed by atoms with E-state index in [0.29, 0.717) is 11.6 Å². The Morgan fingerprint density at radius 1 is 1.23 bits per heavy atom. The van der Waals surface area contributed by atoms with E-state index >= 15 is 0 Å². The van der Waals surface area contributed by atoms with Crippen LogP contribution in [0.4, 0.5) is 0 Å². The Morgan fingerprint density at radius 3 is 2.23 bits per heavy atom. The normalized spacial score (nSPS) is 18.0. The predicted molar refractivity (Wildman–Crippen MR) is 88.9 cm³/mol. The van der Waals surface area contributed by atoms with Gasteiger partial charge < -0.3 is 5.32 Å². The standard InChI is InChI=1S/C16H22ClNO3S/c1-11(2)22(20,21)12(3)15(19)18-10-16(8-9-16)13-4-6-14(17)7-5-13/h4-7,11-12H,8-10H2,1-3H3,(H,18,19)/t12-/m0/s1. The van der Waals surface area contributed by atoms with Crippen molar-refractivity contribution in [2.45, 2.75) is 49.5 Å². The largest absolute Gasteiger partial charge is 0.354 e. The van der Waals surface area contributed by atoms with E-state index in [-0.39, 0.29) is 5.41 Å². The molecule has 6 heteroatoms. The molecule has 1 N–H and O–H groups in total. The molecule has 22 heavy (non-hydrogen) atoms. The molecule has 0 bridgehead atoms. The highest BCUT2D eigenvalue weighted by atomic mass is 35.5. The minimum Gasteiger partial charge on any atom is -0.354 e. The fraction of sp³-hybridized carbons (Fsp3) is 0.562. The number of benzene rings is 1. The first kappa shape index (κ1) is 17.3. The Bertz CT molecular complexity index is 648. The number of carbonyl (C=O) groups is 1. The van der Waals surface area contributed by atoms with Gasteiger partial charge in [-0.15, -0.1) is 0 Å². The third kappa shape index (κ3) is 3.46. The monoisotopic (exact) mass is 343 g/mol. The first-order chi connectivity index (χ1) is 10.2. The summed E-state index contributed by atoms with van der Waals surface area (Å²) < 4.78 is 24.1. The zero-order valence-corrected chi connectivity index (χ0v) is 14.7. The molecule has 1 aromatic carbocycles. The number of nitrogens with one attached hydrogen (secondary N) is 1. The van der Waals surface area contributed by atoms with Crippen molar-refractivity contribution in [2.24, 2.45) is 0 Å². The average Bonchev–Trinajstić information content (AvgIpc) is 3.25. The summed E-state index contributed by atoms with van der Waals surface area (Å²) in [6, 6.07) is 7.61. The SMILES string of the molecule is CC(C)S(=O)(=O)[C@@H](C)C(=O)NCC1(c2ccc(Cl)cc2)CC1. The van der Waals surface area contributed by atoms with E-state index < -0.39 is 26.2 Å². The second-order valence-corrected chi connectivity index (χ2v) is 9.55. The zero-order chi connectivity index (χ0) is 16.5. The van der Waals surface area contributed by atoms with Crippen LogP contribution in [0.25, 0.3) is 0 Å². The van der Waals surface area contributed by atoms with Gasteiger partial charge in [-0.1, -0.05) is 23.7 Å². The summed E-state index contributed by atoms with van der Waals surface area (Å²) >= 11 is 5.89. The van der Waals surface area contributed by atoms with Crippen molar-refractivity contribution in [3.63, 3.8) is 0 Å². The Labute approximate surface area is 137 Å². The average molecular weight is 344 g/mol. The third-order valence-electron chi connectivity index (χ3n) is 4.43. The van der Waals surface area contributed by atoms with Crippen LogP contribution >= 0.6 is 11.6 Å². The van der Waals surface area contributed by atoms with Gasteiger partial charge in [-0.3, -0.25) is 4.79 Å². The van der Waals surface area contributed by atoms with Gasteiger partial charge in [0, 0.05) is 17.0 Å². The number of amides is 1. The Kier molecular flexibility index (Phi) is 4.87. The lowest BCUT2D eigenvalue weighted by Gasteiger charge is -2.20. The van der Waals surface area contributed by atoms with Crippen LogP contribution in [-0.2, 0) is 20.0 Å². The summed E-state index contributed by atoms with van der Waals surface area (Å²) in [5.74, 6) is -0.422. The first-order valence-corrected chi connectivity index (χ1v) is 9.44. The summed E-state index contributed by atoms with van der Waals surface area (Å²) in [7, 11) is -3.42.